The Morgan fingerprint density at radius 1 is 1.06 bits per heavy atom. The van der Waals surface area contributed by atoms with Crippen LogP contribution in [0.15, 0.2) is 34.8 Å². The molecule has 1 aliphatic rings. The fourth-order valence-corrected chi connectivity index (χ4v) is 9.23. The van der Waals surface area contributed by atoms with Gasteiger partial charge >= 0.3 is 0 Å². The molecule has 1 unspecified atom stereocenters. The van der Waals surface area contributed by atoms with E-state index >= 15 is 0 Å². The molecule has 0 N–H and O–H groups in total. The van der Waals surface area contributed by atoms with E-state index in [0.29, 0.717) is 0 Å². The fraction of sp³-hybridized carbons (Fsp3) is 0.643. The summed E-state index contributed by atoms with van der Waals surface area (Å²) in [6.45, 7) is 7.77. The standard InChI is InChI=1S/C28H43BrO2Si/c1-4-7-22-32(23-8-5-2,24-9-6-3)31-28(25-17-19-26(29)20-18-25)16-12-10-11-14-27-15-13-21-30-27/h16-20,27H,4-10,12-13,15,21-24H2,1-3H3/b28-16-. The molecule has 1 aliphatic heterocycles. The maximum absolute atomic E-state index is 7.16. The van der Waals surface area contributed by atoms with E-state index in [1.165, 1.54) is 62.2 Å². The summed E-state index contributed by atoms with van der Waals surface area (Å²) in [5.74, 6) is 7.72. The van der Waals surface area contributed by atoms with E-state index in [0.717, 1.165) is 42.5 Å². The maximum atomic E-state index is 7.16. The summed E-state index contributed by atoms with van der Waals surface area (Å²) in [6, 6.07) is 12.4. The van der Waals surface area contributed by atoms with Crippen molar-refractivity contribution in [1.29, 1.82) is 0 Å². The van der Waals surface area contributed by atoms with Crippen LogP contribution in [0, 0.1) is 11.8 Å². The lowest BCUT2D eigenvalue weighted by Gasteiger charge is -2.34. The lowest BCUT2D eigenvalue weighted by atomic mass is 10.1. The Labute approximate surface area is 206 Å². The fourth-order valence-electron chi connectivity index (χ4n) is 4.24. The SMILES string of the molecule is CCCC[Si](CCCC)(CCCC)O/C(=C\CCC#CC1CCCO1)c1ccc(Br)cc1. The number of benzene rings is 1. The van der Waals surface area contributed by atoms with E-state index in [2.05, 4.69) is 78.9 Å². The van der Waals surface area contributed by atoms with Crippen LogP contribution in [-0.2, 0) is 9.16 Å². The molecule has 0 amide bonds. The summed E-state index contributed by atoms with van der Waals surface area (Å²) in [5, 5.41) is 0. The van der Waals surface area contributed by atoms with Gasteiger partial charge in [-0.3, -0.25) is 0 Å². The molecule has 0 saturated carbocycles. The Morgan fingerprint density at radius 2 is 1.69 bits per heavy atom. The highest BCUT2D eigenvalue weighted by Crippen LogP contribution is 2.35. The van der Waals surface area contributed by atoms with Gasteiger partial charge in [-0.2, -0.15) is 0 Å². The minimum atomic E-state index is -1.84. The van der Waals surface area contributed by atoms with E-state index in [-0.39, 0.29) is 6.10 Å². The second-order valence-electron chi connectivity index (χ2n) is 9.03. The lowest BCUT2D eigenvalue weighted by molar-refractivity contribution is 0.152. The van der Waals surface area contributed by atoms with Gasteiger partial charge in [0, 0.05) is 23.1 Å². The molecule has 1 fully saturated rings. The van der Waals surface area contributed by atoms with Crippen molar-refractivity contribution in [2.45, 2.75) is 109 Å². The summed E-state index contributed by atoms with van der Waals surface area (Å²) in [7, 11) is -1.84. The van der Waals surface area contributed by atoms with E-state index in [1.54, 1.807) is 0 Å². The Balaban J connectivity index is 2.22. The Bertz CT molecular complexity index is 704. The van der Waals surface area contributed by atoms with Crippen molar-refractivity contribution in [3.8, 4) is 11.8 Å². The third-order valence-corrected chi connectivity index (χ3v) is 11.2. The van der Waals surface area contributed by atoms with Gasteiger partial charge in [-0.25, -0.2) is 0 Å². The van der Waals surface area contributed by atoms with Gasteiger partial charge in [-0.1, -0.05) is 93.3 Å². The molecular weight excluding hydrogens is 476 g/mol. The van der Waals surface area contributed by atoms with Crippen molar-refractivity contribution in [3.63, 3.8) is 0 Å². The monoisotopic (exact) mass is 518 g/mol. The zero-order valence-corrected chi connectivity index (χ0v) is 23.1. The summed E-state index contributed by atoms with van der Waals surface area (Å²) < 4.78 is 13.9. The Morgan fingerprint density at radius 3 is 2.22 bits per heavy atom. The van der Waals surface area contributed by atoms with Crippen molar-refractivity contribution in [2.75, 3.05) is 6.61 Å². The van der Waals surface area contributed by atoms with Crippen LogP contribution >= 0.6 is 15.9 Å². The van der Waals surface area contributed by atoms with E-state index in [9.17, 15) is 0 Å². The molecule has 1 atom stereocenters. The molecule has 1 saturated heterocycles. The largest absolute Gasteiger partial charge is 0.543 e. The zero-order valence-electron chi connectivity index (χ0n) is 20.6. The molecule has 0 bridgehead atoms. The highest BCUT2D eigenvalue weighted by molar-refractivity contribution is 9.10. The van der Waals surface area contributed by atoms with Crippen molar-refractivity contribution >= 4 is 30.0 Å². The Hall–Kier alpha value is -1.02. The first-order valence-electron chi connectivity index (χ1n) is 12.9. The molecular formula is C28H43BrO2Si. The molecule has 1 aromatic rings. The van der Waals surface area contributed by atoms with Crippen molar-refractivity contribution in [2.24, 2.45) is 0 Å². The molecule has 1 heterocycles. The highest BCUT2D eigenvalue weighted by Gasteiger charge is 2.35. The number of hydrogen-bond donors (Lipinski definition) is 0. The van der Waals surface area contributed by atoms with Gasteiger partial charge in [0.05, 0.1) is 0 Å². The van der Waals surface area contributed by atoms with Crippen LogP contribution in [-0.4, -0.2) is 21.0 Å². The number of unbranched alkanes of at least 4 members (excludes halogenated alkanes) is 4. The predicted octanol–water partition coefficient (Wildman–Crippen LogP) is 9.12. The smallest absolute Gasteiger partial charge is 0.251 e. The molecule has 32 heavy (non-hydrogen) atoms. The van der Waals surface area contributed by atoms with Gasteiger partial charge in [0.15, 0.2) is 0 Å². The normalized spacial score (nSPS) is 16.6. The molecule has 0 aliphatic carbocycles. The Kier molecular flexibility index (Phi) is 13.4. The average Bonchev–Trinajstić information content (AvgIpc) is 3.33. The summed E-state index contributed by atoms with van der Waals surface area (Å²) in [4.78, 5) is 0. The van der Waals surface area contributed by atoms with Crippen LogP contribution in [0.4, 0.5) is 0 Å². The van der Waals surface area contributed by atoms with E-state index < -0.39 is 8.32 Å². The number of ether oxygens (including phenoxy) is 1. The van der Waals surface area contributed by atoms with Gasteiger partial charge in [0.2, 0.25) is 0 Å². The van der Waals surface area contributed by atoms with Crippen molar-refractivity contribution in [1.82, 2.24) is 0 Å². The molecule has 1 aromatic carbocycles. The topological polar surface area (TPSA) is 18.5 Å². The van der Waals surface area contributed by atoms with Crippen LogP contribution in [0.5, 0.6) is 0 Å². The average molecular weight is 520 g/mol. The van der Waals surface area contributed by atoms with Crippen molar-refractivity contribution in [3.05, 3.63) is 40.4 Å². The number of rotatable bonds is 14. The van der Waals surface area contributed by atoms with E-state index in [4.69, 9.17) is 9.16 Å². The molecule has 2 rings (SSSR count). The first kappa shape index (κ1) is 27.2. The predicted molar refractivity (Wildman–Crippen MR) is 144 cm³/mol. The van der Waals surface area contributed by atoms with Crippen LogP contribution < -0.4 is 0 Å². The highest BCUT2D eigenvalue weighted by atomic mass is 79.9. The van der Waals surface area contributed by atoms with Crippen LogP contribution in [0.25, 0.3) is 5.76 Å². The molecule has 0 spiro atoms. The van der Waals surface area contributed by atoms with Crippen LogP contribution in [0.2, 0.25) is 18.1 Å². The molecule has 178 valence electrons. The minimum absolute atomic E-state index is 0.151. The molecule has 2 nitrogen and oxygen atoms in total. The quantitative estimate of drug-likeness (QED) is 0.106. The second-order valence-corrected chi connectivity index (χ2v) is 14.0. The second kappa shape index (κ2) is 15.7. The third-order valence-electron chi connectivity index (χ3n) is 6.20. The van der Waals surface area contributed by atoms with Gasteiger partial charge < -0.3 is 9.16 Å². The summed E-state index contributed by atoms with van der Waals surface area (Å²) >= 11 is 3.58. The van der Waals surface area contributed by atoms with E-state index in [1.807, 2.05) is 0 Å². The van der Waals surface area contributed by atoms with Gasteiger partial charge in [0.25, 0.3) is 8.32 Å². The number of halogens is 1. The summed E-state index contributed by atoms with van der Waals surface area (Å²) in [5.41, 5.74) is 1.20. The lowest BCUT2D eigenvalue weighted by Crippen LogP contribution is -2.37. The third kappa shape index (κ3) is 9.85. The van der Waals surface area contributed by atoms with Gasteiger partial charge in [-0.05, 0) is 55.6 Å². The number of allylic oxidation sites excluding steroid dienone is 1. The molecule has 0 radical (unpaired) electrons. The van der Waals surface area contributed by atoms with Crippen molar-refractivity contribution < 1.29 is 9.16 Å². The van der Waals surface area contributed by atoms with Crippen LogP contribution in [0.3, 0.4) is 0 Å². The molecule has 4 heteroatoms. The van der Waals surface area contributed by atoms with Crippen LogP contribution in [0.1, 0.15) is 90.5 Å². The van der Waals surface area contributed by atoms with Gasteiger partial charge in [0.1, 0.15) is 11.9 Å². The zero-order chi connectivity index (χ0) is 23.1. The minimum Gasteiger partial charge on any atom is -0.543 e. The maximum Gasteiger partial charge on any atom is 0.251 e. The number of hydrogen-bond acceptors (Lipinski definition) is 2. The first-order valence-corrected chi connectivity index (χ1v) is 16.2. The molecule has 0 aromatic heterocycles. The first-order chi connectivity index (χ1) is 15.6. The van der Waals surface area contributed by atoms with Gasteiger partial charge in [-0.15, -0.1) is 5.92 Å². The summed E-state index contributed by atoms with van der Waals surface area (Å²) in [6.07, 6.45) is 14.0.